The first-order valence-electron chi connectivity index (χ1n) is 4.73. The van der Waals surface area contributed by atoms with Gasteiger partial charge in [-0.2, -0.15) is 0 Å². The average Bonchev–Trinajstić information content (AvgIpc) is 2.24. The zero-order valence-electron chi connectivity index (χ0n) is 8.84. The van der Waals surface area contributed by atoms with Crippen LogP contribution >= 0.6 is 27.5 Å². The number of pyridine rings is 1. The molecule has 0 unspecified atom stereocenters. The molecule has 0 aliphatic carbocycles. The van der Waals surface area contributed by atoms with Gasteiger partial charge in [-0.05, 0) is 28.4 Å². The highest BCUT2D eigenvalue weighted by molar-refractivity contribution is 9.10. The summed E-state index contributed by atoms with van der Waals surface area (Å²) in [6, 6.07) is 0. The van der Waals surface area contributed by atoms with Crippen molar-refractivity contribution >= 4 is 33.5 Å². The summed E-state index contributed by atoms with van der Waals surface area (Å²) in [6.45, 7) is 1.88. The van der Waals surface area contributed by atoms with Gasteiger partial charge in [0.1, 0.15) is 5.69 Å². The Labute approximate surface area is 110 Å². The van der Waals surface area contributed by atoms with E-state index in [2.05, 4.69) is 20.9 Å². The number of rotatable bonds is 4. The third-order valence-electron chi connectivity index (χ3n) is 1.93. The summed E-state index contributed by atoms with van der Waals surface area (Å²) in [5.41, 5.74) is -0.274. The maximum atomic E-state index is 12.5. The SMILES string of the molecule is CCOC(=O)Cc1c(Br)cnc(C(F)F)c1Cl. The molecule has 0 radical (unpaired) electrons. The second kappa shape index (κ2) is 6.26. The van der Waals surface area contributed by atoms with Crippen LogP contribution in [0, 0.1) is 0 Å². The van der Waals surface area contributed by atoms with E-state index in [1.807, 2.05) is 0 Å². The van der Waals surface area contributed by atoms with Crippen molar-refractivity contribution < 1.29 is 18.3 Å². The summed E-state index contributed by atoms with van der Waals surface area (Å²) in [7, 11) is 0. The first kappa shape index (κ1) is 14.3. The van der Waals surface area contributed by atoms with Crippen LogP contribution in [0.2, 0.25) is 5.02 Å². The van der Waals surface area contributed by atoms with Gasteiger partial charge in [-0.15, -0.1) is 0 Å². The lowest BCUT2D eigenvalue weighted by Gasteiger charge is -2.10. The van der Waals surface area contributed by atoms with Crippen molar-refractivity contribution in [2.24, 2.45) is 0 Å². The number of carbonyl (C=O) groups is 1. The fourth-order valence-corrected chi connectivity index (χ4v) is 2.05. The van der Waals surface area contributed by atoms with Crippen molar-refractivity contribution in [3.63, 3.8) is 0 Å². The average molecular weight is 329 g/mol. The van der Waals surface area contributed by atoms with Gasteiger partial charge in [0.15, 0.2) is 0 Å². The number of hydrogen-bond donors (Lipinski definition) is 0. The van der Waals surface area contributed by atoms with Crippen LogP contribution in [0.4, 0.5) is 8.78 Å². The Kier molecular flexibility index (Phi) is 5.27. The lowest BCUT2D eigenvalue weighted by molar-refractivity contribution is -0.142. The van der Waals surface area contributed by atoms with E-state index in [4.69, 9.17) is 16.3 Å². The lowest BCUT2D eigenvalue weighted by Crippen LogP contribution is -2.09. The Morgan fingerprint density at radius 1 is 1.65 bits per heavy atom. The van der Waals surface area contributed by atoms with Crippen LogP contribution in [-0.2, 0) is 16.0 Å². The van der Waals surface area contributed by atoms with Gasteiger partial charge in [-0.1, -0.05) is 11.6 Å². The molecule has 7 heteroatoms. The highest BCUT2D eigenvalue weighted by Crippen LogP contribution is 2.32. The number of hydrogen-bond acceptors (Lipinski definition) is 3. The molecule has 1 heterocycles. The minimum Gasteiger partial charge on any atom is -0.466 e. The van der Waals surface area contributed by atoms with Gasteiger partial charge in [0.05, 0.1) is 18.1 Å². The lowest BCUT2D eigenvalue weighted by atomic mass is 10.1. The molecule has 1 rings (SSSR count). The number of nitrogens with zero attached hydrogens (tertiary/aromatic N) is 1. The number of ether oxygens (including phenoxy) is 1. The van der Waals surface area contributed by atoms with Crippen molar-refractivity contribution in [2.75, 3.05) is 6.61 Å². The highest BCUT2D eigenvalue weighted by atomic mass is 79.9. The van der Waals surface area contributed by atoms with Crippen LogP contribution in [-0.4, -0.2) is 17.6 Å². The van der Waals surface area contributed by atoms with Crippen LogP contribution in [0.3, 0.4) is 0 Å². The van der Waals surface area contributed by atoms with Crippen molar-refractivity contribution in [1.82, 2.24) is 4.98 Å². The second-order valence-corrected chi connectivity index (χ2v) is 4.30. The van der Waals surface area contributed by atoms with Crippen LogP contribution in [0.25, 0.3) is 0 Å². The number of halogens is 4. The van der Waals surface area contributed by atoms with E-state index in [1.54, 1.807) is 6.92 Å². The third-order valence-corrected chi connectivity index (χ3v) is 3.03. The molecule has 0 fully saturated rings. The van der Waals surface area contributed by atoms with Gasteiger partial charge in [0.2, 0.25) is 0 Å². The van der Waals surface area contributed by atoms with Gasteiger partial charge < -0.3 is 4.74 Å². The van der Waals surface area contributed by atoms with E-state index < -0.39 is 18.1 Å². The Morgan fingerprint density at radius 2 is 2.29 bits per heavy atom. The fourth-order valence-electron chi connectivity index (χ4n) is 1.19. The van der Waals surface area contributed by atoms with Crippen LogP contribution in [0.15, 0.2) is 10.7 Å². The molecule has 0 spiro atoms. The first-order chi connectivity index (χ1) is 7.97. The molecule has 1 aromatic heterocycles. The molecule has 94 valence electrons. The number of esters is 1. The van der Waals surface area contributed by atoms with Crippen molar-refractivity contribution in [3.8, 4) is 0 Å². The quantitative estimate of drug-likeness (QED) is 0.794. The van der Waals surface area contributed by atoms with Crippen LogP contribution < -0.4 is 0 Å². The Balaban J connectivity index is 3.05. The summed E-state index contributed by atoms with van der Waals surface area (Å²) in [4.78, 5) is 14.8. The first-order valence-corrected chi connectivity index (χ1v) is 5.91. The largest absolute Gasteiger partial charge is 0.466 e. The number of carbonyl (C=O) groups excluding carboxylic acids is 1. The third kappa shape index (κ3) is 3.61. The molecule has 0 bridgehead atoms. The zero-order chi connectivity index (χ0) is 13.0. The van der Waals surface area contributed by atoms with E-state index in [0.29, 0.717) is 4.47 Å². The fraction of sp³-hybridized carbons (Fsp3) is 0.400. The molecular formula is C10H9BrClF2NO2. The normalized spacial score (nSPS) is 10.7. The molecule has 0 saturated carbocycles. The molecule has 0 saturated heterocycles. The Hall–Kier alpha value is -0.750. The number of alkyl halides is 2. The minimum absolute atomic E-state index is 0.171. The van der Waals surface area contributed by atoms with Crippen molar-refractivity contribution in [2.45, 2.75) is 19.8 Å². The van der Waals surface area contributed by atoms with E-state index in [-0.39, 0.29) is 23.6 Å². The highest BCUT2D eigenvalue weighted by Gasteiger charge is 2.20. The summed E-state index contributed by atoms with van der Waals surface area (Å²) in [5.74, 6) is -0.526. The van der Waals surface area contributed by atoms with Gasteiger partial charge in [-0.3, -0.25) is 9.78 Å². The van der Waals surface area contributed by atoms with E-state index in [0.717, 1.165) is 0 Å². The second-order valence-electron chi connectivity index (χ2n) is 3.07. The molecule has 17 heavy (non-hydrogen) atoms. The molecule has 0 aliphatic heterocycles. The summed E-state index contributed by atoms with van der Waals surface area (Å²) >= 11 is 8.88. The Morgan fingerprint density at radius 3 is 2.82 bits per heavy atom. The summed E-state index contributed by atoms with van der Waals surface area (Å²) in [5, 5.41) is -0.206. The van der Waals surface area contributed by atoms with Crippen LogP contribution in [0.1, 0.15) is 24.6 Å². The topological polar surface area (TPSA) is 39.2 Å². The standard InChI is InChI=1S/C10H9BrClF2NO2/c1-2-17-7(16)3-5-6(11)4-15-9(8(5)12)10(13)14/h4,10H,2-3H2,1H3. The molecule has 3 nitrogen and oxygen atoms in total. The molecular weight excluding hydrogens is 319 g/mol. The maximum Gasteiger partial charge on any atom is 0.310 e. The van der Waals surface area contributed by atoms with E-state index >= 15 is 0 Å². The number of aromatic nitrogens is 1. The molecule has 0 N–H and O–H groups in total. The summed E-state index contributed by atoms with van der Waals surface area (Å²) in [6.07, 6.45) is -1.76. The van der Waals surface area contributed by atoms with E-state index in [1.165, 1.54) is 6.20 Å². The van der Waals surface area contributed by atoms with Crippen LogP contribution in [0.5, 0.6) is 0 Å². The zero-order valence-corrected chi connectivity index (χ0v) is 11.2. The molecule has 0 aromatic carbocycles. The van der Waals surface area contributed by atoms with Gasteiger partial charge in [0.25, 0.3) is 6.43 Å². The molecule has 1 aromatic rings. The smallest absolute Gasteiger partial charge is 0.310 e. The van der Waals surface area contributed by atoms with Crippen molar-refractivity contribution in [1.29, 1.82) is 0 Å². The maximum absolute atomic E-state index is 12.5. The monoisotopic (exact) mass is 327 g/mol. The van der Waals surface area contributed by atoms with Gasteiger partial charge in [0, 0.05) is 10.7 Å². The Bertz CT molecular complexity index is 429. The van der Waals surface area contributed by atoms with E-state index in [9.17, 15) is 13.6 Å². The molecule has 0 atom stereocenters. The van der Waals surface area contributed by atoms with Crippen molar-refractivity contribution in [3.05, 3.63) is 26.9 Å². The molecule has 0 amide bonds. The molecule has 0 aliphatic rings. The predicted molar refractivity (Wildman–Crippen MR) is 62.2 cm³/mol. The van der Waals surface area contributed by atoms with Gasteiger partial charge in [-0.25, -0.2) is 8.78 Å². The predicted octanol–water partition coefficient (Wildman–Crippen LogP) is 3.54. The minimum atomic E-state index is -2.78. The summed E-state index contributed by atoms with van der Waals surface area (Å²) < 4.78 is 30.2. The van der Waals surface area contributed by atoms with Gasteiger partial charge >= 0.3 is 5.97 Å².